The van der Waals surface area contributed by atoms with E-state index in [9.17, 15) is 0 Å². The van der Waals surface area contributed by atoms with Crippen molar-refractivity contribution >= 4 is 0 Å². The molecule has 0 N–H and O–H groups in total. The molecule has 1 aliphatic rings. The Balaban J connectivity index is 2.13. The first-order chi connectivity index (χ1) is 12.3. The standard InChI is InChI=1S/C25H40O/c1-7-8-9-10-14-21(2)15-11-12-16-22(3)17-13-18-23(4)19-20-24-25(5,6)26-24/h7-9,15-16,18,24H,1,10-14,17,19-20H2,2-6H3/b9-8+,21-15+,22-16+,23-18+. The van der Waals surface area contributed by atoms with E-state index >= 15 is 0 Å². The highest BCUT2D eigenvalue weighted by Gasteiger charge is 2.46. The van der Waals surface area contributed by atoms with Crippen molar-refractivity contribution in [3.8, 4) is 0 Å². The normalized spacial score (nSPS) is 20.7. The molecule has 0 radical (unpaired) electrons. The Morgan fingerprint density at radius 3 is 1.88 bits per heavy atom. The number of ether oxygens (including phenoxy) is 1. The molecule has 0 amide bonds. The lowest BCUT2D eigenvalue weighted by Crippen LogP contribution is -2.02. The van der Waals surface area contributed by atoms with E-state index in [-0.39, 0.29) is 5.60 Å². The molecule has 1 saturated heterocycles. The minimum Gasteiger partial charge on any atom is -0.367 e. The Morgan fingerprint density at radius 2 is 1.35 bits per heavy atom. The van der Waals surface area contributed by atoms with E-state index in [4.69, 9.17) is 4.74 Å². The lowest BCUT2D eigenvalue weighted by Gasteiger charge is -2.02. The number of rotatable bonds is 13. The average molecular weight is 357 g/mol. The largest absolute Gasteiger partial charge is 0.367 e. The summed E-state index contributed by atoms with van der Waals surface area (Å²) in [6.45, 7) is 14.8. The summed E-state index contributed by atoms with van der Waals surface area (Å²) in [5, 5.41) is 0. The molecule has 146 valence electrons. The van der Waals surface area contributed by atoms with Gasteiger partial charge in [-0.25, -0.2) is 0 Å². The van der Waals surface area contributed by atoms with Crippen molar-refractivity contribution in [3.05, 3.63) is 59.8 Å². The summed E-state index contributed by atoms with van der Waals surface area (Å²) in [5.74, 6) is 0. The average Bonchev–Trinajstić information content (AvgIpc) is 3.20. The van der Waals surface area contributed by atoms with Crippen LogP contribution in [0.3, 0.4) is 0 Å². The quantitative estimate of drug-likeness (QED) is 0.141. The van der Waals surface area contributed by atoms with Gasteiger partial charge in [0.15, 0.2) is 0 Å². The van der Waals surface area contributed by atoms with Crippen molar-refractivity contribution in [2.75, 3.05) is 0 Å². The van der Waals surface area contributed by atoms with Gasteiger partial charge in [0.2, 0.25) is 0 Å². The second-order valence-corrected chi connectivity index (χ2v) is 8.22. The molecule has 1 rings (SSSR count). The molecular weight excluding hydrogens is 316 g/mol. The number of hydrogen-bond acceptors (Lipinski definition) is 1. The van der Waals surface area contributed by atoms with Gasteiger partial charge in [-0.1, -0.05) is 59.8 Å². The van der Waals surface area contributed by atoms with Crippen LogP contribution in [-0.4, -0.2) is 11.7 Å². The Bertz CT molecular complexity index is 543. The van der Waals surface area contributed by atoms with Crippen LogP contribution in [0.2, 0.25) is 0 Å². The van der Waals surface area contributed by atoms with Crippen molar-refractivity contribution in [2.24, 2.45) is 0 Å². The first-order valence-corrected chi connectivity index (χ1v) is 10.3. The Morgan fingerprint density at radius 1 is 0.846 bits per heavy atom. The maximum Gasteiger partial charge on any atom is 0.0892 e. The minimum atomic E-state index is 0.134. The van der Waals surface area contributed by atoms with Gasteiger partial charge in [-0.15, -0.1) is 0 Å². The highest BCUT2D eigenvalue weighted by Crippen LogP contribution is 2.38. The maximum atomic E-state index is 5.65. The summed E-state index contributed by atoms with van der Waals surface area (Å²) in [4.78, 5) is 0. The first-order valence-electron chi connectivity index (χ1n) is 10.3. The predicted octanol–water partition coefficient (Wildman–Crippen LogP) is 7.87. The van der Waals surface area contributed by atoms with Crippen LogP contribution in [0.5, 0.6) is 0 Å². The number of allylic oxidation sites excluding steroid dienone is 9. The second-order valence-electron chi connectivity index (χ2n) is 8.22. The van der Waals surface area contributed by atoms with Crippen molar-refractivity contribution in [1.82, 2.24) is 0 Å². The third-order valence-electron chi connectivity index (χ3n) is 5.13. The molecule has 0 bridgehead atoms. The van der Waals surface area contributed by atoms with Crippen LogP contribution >= 0.6 is 0 Å². The summed E-state index contributed by atoms with van der Waals surface area (Å²) in [5.41, 5.74) is 4.65. The highest BCUT2D eigenvalue weighted by atomic mass is 16.6. The molecule has 26 heavy (non-hydrogen) atoms. The van der Waals surface area contributed by atoms with Crippen molar-refractivity contribution in [3.63, 3.8) is 0 Å². The summed E-state index contributed by atoms with van der Waals surface area (Å²) < 4.78 is 5.65. The van der Waals surface area contributed by atoms with Gasteiger partial charge in [0.05, 0.1) is 11.7 Å². The topological polar surface area (TPSA) is 12.5 Å². The zero-order chi connectivity index (χ0) is 19.4. The molecule has 0 aliphatic carbocycles. The third kappa shape index (κ3) is 10.6. The molecule has 0 aromatic rings. The van der Waals surface area contributed by atoms with Gasteiger partial charge in [0.1, 0.15) is 0 Å². The molecular formula is C25H40O. The molecule has 1 unspecified atom stereocenters. The Labute approximate surface area is 162 Å². The monoisotopic (exact) mass is 356 g/mol. The summed E-state index contributed by atoms with van der Waals surface area (Å²) in [6, 6.07) is 0. The Kier molecular flexibility index (Phi) is 10.6. The molecule has 0 aromatic carbocycles. The van der Waals surface area contributed by atoms with E-state index in [2.05, 4.69) is 65.5 Å². The van der Waals surface area contributed by atoms with Crippen LogP contribution in [0.4, 0.5) is 0 Å². The SMILES string of the molecule is C=C/C=C/CC/C(C)=C/CC/C=C(\C)CC/C=C(\C)CCC1OC1(C)C. The van der Waals surface area contributed by atoms with Crippen LogP contribution in [0, 0.1) is 0 Å². The summed E-state index contributed by atoms with van der Waals surface area (Å²) in [7, 11) is 0. The van der Waals surface area contributed by atoms with Crippen LogP contribution < -0.4 is 0 Å². The van der Waals surface area contributed by atoms with Crippen LogP contribution in [0.25, 0.3) is 0 Å². The third-order valence-corrected chi connectivity index (χ3v) is 5.13. The van der Waals surface area contributed by atoms with Crippen molar-refractivity contribution < 1.29 is 4.74 Å². The molecule has 1 heteroatoms. The van der Waals surface area contributed by atoms with E-state index in [0.717, 1.165) is 32.1 Å². The number of epoxide rings is 1. The summed E-state index contributed by atoms with van der Waals surface area (Å²) >= 11 is 0. The van der Waals surface area contributed by atoms with Gasteiger partial charge < -0.3 is 4.74 Å². The van der Waals surface area contributed by atoms with Gasteiger partial charge in [-0.2, -0.15) is 0 Å². The van der Waals surface area contributed by atoms with Gasteiger partial charge in [-0.05, 0) is 86.0 Å². The molecule has 1 heterocycles. The van der Waals surface area contributed by atoms with E-state index in [0.29, 0.717) is 6.10 Å². The minimum absolute atomic E-state index is 0.134. The molecule has 1 aliphatic heterocycles. The lowest BCUT2D eigenvalue weighted by molar-refractivity contribution is 0.320. The van der Waals surface area contributed by atoms with E-state index in [1.54, 1.807) is 0 Å². The zero-order valence-electron chi connectivity index (χ0n) is 17.8. The first kappa shape index (κ1) is 22.7. The summed E-state index contributed by atoms with van der Waals surface area (Å²) in [6.07, 6.45) is 23.0. The van der Waals surface area contributed by atoms with Gasteiger partial charge in [-0.3, -0.25) is 0 Å². The van der Waals surface area contributed by atoms with Crippen molar-refractivity contribution in [1.29, 1.82) is 0 Å². The zero-order valence-corrected chi connectivity index (χ0v) is 17.8. The number of hydrogen-bond donors (Lipinski definition) is 0. The van der Waals surface area contributed by atoms with E-state index in [1.165, 1.54) is 36.0 Å². The van der Waals surface area contributed by atoms with Gasteiger partial charge in [0.25, 0.3) is 0 Å². The number of unbranched alkanes of at least 4 members (excludes halogenated alkanes) is 1. The van der Waals surface area contributed by atoms with Gasteiger partial charge >= 0.3 is 0 Å². The fourth-order valence-corrected chi connectivity index (χ4v) is 3.11. The van der Waals surface area contributed by atoms with Crippen LogP contribution in [0.1, 0.15) is 86.0 Å². The fraction of sp³-hybridized carbons (Fsp3) is 0.600. The molecule has 1 nitrogen and oxygen atoms in total. The maximum absolute atomic E-state index is 5.65. The van der Waals surface area contributed by atoms with E-state index < -0.39 is 0 Å². The predicted molar refractivity (Wildman–Crippen MR) is 116 cm³/mol. The van der Waals surface area contributed by atoms with Gasteiger partial charge in [0, 0.05) is 0 Å². The Hall–Kier alpha value is -1.34. The van der Waals surface area contributed by atoms with Crippen molar-refractivity contribution in [2.45, 2.75) is 97.7 Å². The van der Waals surface area contributed by atoms with E-state index in [1.807, 2.05) is 12.2 Å². The molecule has 1 fully saturated rings. The lowest BCUT2D eigenvalue weighted by atomic mass is 10.0. The molecule has 1 atom stereocenters. The molecule has 0 spiro atoms. The fourth-order valence-electron chi connectivity index (χ4n) is 3.11. The highest BCUT2D eigenvalue weighted by molar-refractivity contribution is 5.07. The van der Waals surface area contributed by atoms with Crippen LogP contribution in [-0.2, 0) is 4.74 Å². The smallest absolute Gasteiger partial charge is 0.0892 e. The molecule has 0 saturated carbocycles. The molecule has 0 aromatic heterocycles. The second kappa shape index (κ2) is 12.1. The van der Waals surface area contributed by atoms with Crippen LogP contribution in [0.15, 0.2) is 59.8 Å².